The first kappa shape index (κ1) is 9.30. The molecular weight excluding hydrogens is 182 g/mol. The van der Waals surface area contributed by atoms with Gasteiger partial charge in [0, 0.05) is 0 Å². The van der Waals surface area contributed by atoms with Crippen molar-refractivity contribution in [1.29, 1.82) is 0 Å². The largest absolute Gasteiger partial charge is 0.486 e. The molecule has 0 amide bonds. The lowest BCUT2D eigenvalue weighted by atomic mass is 10.1. The van der Waals surface area contributed by atoms with Crippen LogP contribution in [0.25, 0.3) is 0 Å². The number of fused-ring (bicyclic) bond motifs is 1. The van der Waals surface area contributed by atoms with Crippen LogP contribution in [0.15, 0.2) is 24.3 Å². The summed E-state index contributed by atoms with van der Waals surface area (Å²) >= 11 is 0. The Bertz CT molecular complexity index is 316. The van der Waals surface area contributed by atoms with Crippen molar-refractivity contribution in [2.24, 2.45) is 5.73 Å². The molecule has 0 bridgehead atoms. The Hall–Kier alpha value is -1.26. The average molecular weight is 195 g/mol. The van der Waals surface area contributed by atoms with Crippen LogP contribution in [0.2, 0.25) is 0 Å². The van der Waals surface area contributed by atoms with Crippen molar-refractivity contribution in [3.63, 3.8) is 0 Å². The average Bonchev–Trinajstić information content (AvgIpc) is 2.27. The first-order chi connectivity index (χ1) is 6.81. The first-order valence-electron chi connectivity index (χ1n) is 4.56. The van der Waals surface area contributed by atoms with E-state index >= 15 is 0 Å². The van der Waals surface area contributed by atoms with Crippen molar-refractivity contribution in [1.82, 2.24) is 0 Å². The van der Waals surface area contributed by atoms with E-state index in [1.54, 1.807) is 0 Å². The molecule has 0 fully saturated rings. The zero-order valence-electron chi connectivity index (χ0n) is 7.72. The fourth-order valence-corrected chi connectivity index (χ4v) is 1.36. The third kappa shape index (κ3) is 1.66. The van der Waals surface area contributed by atoms with Gasteiger partial charge in [0.15, 0.2) is 11.5 Å². The Morgan fingerprint density at radius 3 is 2.86 bits per heavy atom. The molecule has 2 rings (SSSR count). The zero-order chi connectivity index (χ0) is 9.97. The van der Waals surface area contributed by atoms with Crippen molar-refractivity contribution in [3.05, 3.63) is 24.3 Å². The third-order valence-corrected chi connectivity index (χ3v) is 2.22. The van der Waals surface area contributed by atoms with Gasteiger partial charge in [-0.15, -0.1) is 0 Å². The van der Waals surface area contributed by atoms with Crippen LogP contribution in [0, 0.1) is 0 Å². The molecule has 0 aromatic heterocycles. The molecule has 0 aliphatic carbocycles. The Morgan fingerprint density at radius 2 is 2.14 bits per heavy atom. The maximum Gasteiger partial charge on any atom is 0.161 e. The molecule has 1 aromatic rings. The molecule has 1 unspecified atom stereocenters. The van der Waals surface area contributed by atoms with Crippen molar-refractivity contribution in [2.75, 3.05) is 13.2 Å². The molecule has 1 heterocycles. The monoisotopic (exact) mass is 195 g/mol. The summed E-state index contributed by atoms with van der Waals surface area (Å²) in [5.41, 5.74) is 5.65. The smallest absolute Gasteiger partial charge is 0.161 e. The van der Waals surface area contributed by atoms with Gasteiger partial charge in [0.2, 0.25) is 0 Å². The molecule has 76 valence electrons. The highest BCUT2D eigenvalue weighted by Gasteiger charge is 2.25. The first-order valence-corrected chi connectivity index (χ1v) is 4.56. The fraction of sp³-hybridized carbons (Fsp3) is 0.400. The Balaban J connectivity index is 2.13. The van der Waals surface area contributed by atoms with Crippen molar-refractivity contribution < 1.29 is 14.6 Å². The Labute approximate surface area is 82.2 Å². The lowest BCUT2D eigenvalue weighted by Crippen LogP contribution is -2.46. The summed E-state index contributed by atoms with van der Waals surface area (Å²) < 4.78 is 11.0. The predicted molar refractivity (Wildman–Crippen MR) is 51.4 cm³/mol. The van der Waals surface area contributed by atoms with Crippen molar-refractivity contribution in [2.45, 2.75) is 12.1 Å². The van der Waals surface area contributed by atoms with Gasteiger partial charge in [0.25, 0.3) is 0 Å². The van der Waals surface area contributed by atoms with Crippen LogP contribution in [-0.2, 0) is 0 Å². The van der Waals surface area contributed by atoms with Gasteiger partial charge in [-0.1, -0.05) is 12.1 Å². The van der Waals surface area contributed by atoms with Crippen LogP contribution in [0.1, 0.15) is 0 Å². The maximum atomic E-state index is 8.87. The number of ether oxygens (including phenoxy) is 2. The second kappa shape index (κ2) is 3.86. The molecular formula is C10H13NO3. The highest BCUT2D eigenvalue weighted by atomic mass is 16.6. The number of benzene rings is 1. The van der Waals surface area contributed by atoms with Crippen LogP contribution in [0.3, 0.4) is 0 Å². The van der Waals surface area contributed by atoms with Crippen LogP contribution >= 0.6 is 0 Å². The number of hydrogen-bond acceptors (Lipinski definition) is 4. The maximum absolute atomic E-state index is 8.87. The minimum atomic E-state index is -0.400. The molecule has 1 aliphatic heterocycles. The van der Waals surface area contributed by atoms with Gasteiger partial charge in [0.05, 0.1) is 12.6 Å². The van der Waals surface area contributed by atoms with Crippen molar-refractivity contribution >= 4 is 0 Å². The van der Waals surface area contributed by atoms with Crippen LogP contribution in [0.5, 0.6) is 11.5 Å². The normalized spacial score (nSPS) is 21.7. The van der Waals surface area contributed by atoms with E-state index in [1.165, 1.54) is 0 Å². The predicted octanol–water partition coefficient (Wildman–Crippen LogP) is 0.146. The highest BCUT2D eigenvalue weighted by molar-refractivity contribution is 5.40. The third-order valence-electron chi connectivity index (χ3n) is 2.22. The van der Waals surface area contributed by atoms with Crippen LogP contribution in [0.4, 0.5) is 0 Å². The summed E-state index contributed by atoms with van der Waals surface area (Å²) in [6, 6.07) is 7.02. The fourth-order valence-electron chi connectivity index (χ4n) is 1.36. The standard InChI is InChI=1S/C10H13NO3/c11-7(5-12)10-6-13-8-3-1-2-4-9(8)14-10/h1-4,7,10,12H,5-6,11H2/t7-,10?/m1/s1. The second-order valence-corrected chi connectivity index (χ2v) is 3.26. The molecule has 14 heavy (non-hydrogen) atoms. The van der Waals surface area contributed by atoms with E-state index < -0.39 is 6.04 Å². The van der Waals surface area contributed by atoms with E-state index in [0.717, 1.165) is 5.75 Å². The van der Waals surface area contributed by atoms with Gasteiger partial charge in [-0.2, -0.15) is 0 Å². The zero-order valence-corrected chi connectivity index (χ0v) is 7.72. The molecule has 3 N–H and O–H groups in total. The molecule has 2 atom stereocenters. The number of hydrogen-bond donors (Lipinski definition) is 2. The molecule has 1 aliphatic rings. The summed E-state index contributed by atoms with van der Waals surface area (Å²) in [4.78, 5) is 0. The molecule has 4 nitrogen and oxygen atoms in total. The Kier molecular flexibility index (Phi) is 2.56. The summed E-state index contributed by atoms with van der Waals surface area (Å²) in [7, 11) is 0. The number of rotatable bonds is 2. The minimum Gasteiger partial charge on any atom is -0.486 e. The minimum absolute atomic E-state index is 0.101. The van der Waals surface area contributed by atoms with E-state index in [9.17, 15) is 0 Å². The molecule has 0 saturated carbocycles. The summed E-state index contributed by atoms with van der Waals surface area (Å²) in [5.74, 6) is 1.42. The van der Waals surface area contributed by atoms with Gasteiger partial charge >= 0.3 is 0 Å². The second-order valence-electron chi connectivity index (χ2n) is 3.26. The number of nitrogens with two attached hydrogens (primary N) is 1. The Morgan fingerprint density at radius 1 is 1.43 bits per heavy atom. The summed E-state index contributed by atoms with van der Waals surface area (Å²) in [5, 5.41) is 8.87. The summed E-state index contributed by atoms with van der Waals surface area (Å²) in [6.07, 6.45) is -0.269. The molecule has 1 aromatic carbocycles. The number of para-hydroxylation sites is 2. The van der Waals surface area contributed by atoms with Crippen LogP contribution in [-0.4, -0.2) is 30.5 Å². The quantitative estimate of drug-likeness (QED) is 0.704. The lowest BCUT2D eigenvalue weighted by Gasteiger charge is -2.29. The van der Waals surface area contributed by atoms with Gasteiger partial charge in [-0.3, -0.25) is 0 Å². The van der Waals surface area contributed by atoms with Crippen LogP contribution < -0.4 is 15.2 Å². The number of aliphatic hydroxyl groups is 1. The molecule has 0 radical (unpaired) electrons. The van der Waals surface area contributed by atoms with E-state index in [4.69, 9.17) is 20.3 Å². The van der Waals surface area contributed by atoms with Gasteiger partial charge in [0.1, 0.15) is 12.7 Å². The van der Waals surface area contributed by atoms with Crippen molar-refractivity contribution in [3.8, 4) is 11.5 Å². The van der Waals surface area contributed by atoms with E-state index in [2.05, 4.69) is 0 Å². The summed E-state index contributed by atoms with van der Waals surface area (Å²) in [6.45, 7) is 0.287. The SMILES string of the molecule is N[C@H](CO)C1COc2ccccc2O1. The molecule has 0 saturated heterocycles. The molecule has 0 spiro atoms. The topological polar surface area (TPSA) is 64.7 Å². The van der Waals surface area contributed by atoms with Gasteiger partial charge < -0.3 is 20.3 Å². The molecule has 4 heteroatoms. The lowest BCUT2D eigenvalue weighted by molar-refractivity contribution is 0.0547. The van der Waals surface area contributed by atoms with E-state index in [0.29, 0.717) is 12.4 Å². The van der Waals surface area contributed by atoms with Gasteiger partial charge in [-0.25, -0.2) is 0 Å². The van der Waals surface area contributed by atoms with E-state index in [1.807, 2.05) is 24.3 Å². The number of aliphatic hydroxyl groups excluding tert-OH is 1. The van der Waals surface area contributed by atoms with E-state index in [-0.39, 0.29) is 12.7 Å². The highest BCUT2D eigenvalue weighted by Crippen LogP contribution is 2.31. The van der Waals surface area contributed by atoms with Gasteiger partial charge in [-0.05, 0) is 12.1 Å².